The summed E-state index contributed by atoms with van der Waals surface area (Å²) in [5, 5.41) is 3.12. The van der Waals surface area contributed by atoms with Crippen molar-refractivity contribution in [3.63, 3.8) is 0 Å². The Morgan fingerprint density at radius 2 is 1.82 bits per heavy atom. The number of methoxy groups -OCH3 is 2. The summed E-state index contributed by atoms with van der Waals surface area (Å²) in [6, 6.07) is 3.51. The highest BCUT2D eigenvalue weighted by Crippen LogP contribution is 2.37. The second kappa shape index (κ2) is 7.26. The van der Waals surface area contributed by atoms with Crippen molar-refractivity contribution in [2.45, 2.75) is 6.42 Å². The molecule has 1 heterocycles. The van der Waals surface area contributed by atoms with Gasteiger partial charge in [-0.2, -0.15) is 0 Å². The Morgan fingerprint density at radius 3 is 2.41 bits per heavy atom. The molecule has 7 heteroatoms. The number of ether oxygens (including phenoxy) is 2. The zero-order chi connectivity index (χ0) is 16.1. The molecule has 0 aliphatic rings. The first-order chi connectivity index (χ1) is 10.6. The van der Waals surface area contributed by atoms with Crippen LogP contribution in [0.15, 0.2) is 24.5 Å². The van der Waals surface area contributed by atoms with Crippen molar-refractivity contribution in [2.24, 2.45) is 0 Å². The van der Waals surface area contributed by atoms with Crippen molar-refractivity contribution in [2.75, 3.05) is 26.1 Å². The molecule has 1 aromatic carbocycles. The van der Waals surface area contributed by atoms with E-state index in [1.807, 2.05) is 0 Å². The van der Waals surface area contributed by atoms with Crippen LogP contribution >= 0.6 is 11.6 Å². The fourth-order valence-electron chi connectivity index (χ4n) is 2.03. The molecule has 0 radical (unpaired) electrons. The Hall–Kier alpha value is -2.08. The number of hydrogen-bond acceptors (Lipinski definition) is 4. The van der Waals surface area contributed by atoms with Gasteiger partial charge in [-0.25, -0.2) is 8.78 Å². The number of rotatable bonds is 6. The van der Waals surface area contributed by atoms with Gasteiger partial charge in [0, 0.05) is 6.54 Å². The molecule has 1 N–H and O–H groups in total. The summed E-state index contributed by atoms with van der Waals surface area (Å²) in [6.45, 7) is 0.299. The number of nitrogens with one attached hydrogen (secondary N) is 1. The van der Waals surface area contributed by atoms with E-state index in [0.29, 0.717) is 29.5 Å². The molecule has 4 nitrogen and oxygen atoms in total. The Morgan fingerprint density at radius 1 is 1.14 bits per heavy atom. The predicted octanol–water partition coefficient (Wildman–Crippen LogP) is 3.69. The largest absolute Gasteiger partial charge is 0.493 e. The van der Waals surface area contributed by atoms with Crippen molar-refractivity contribution in [3.05, 3.63) is 46.7 Å². The maximum absolute atomic E-state index is 13.4. The summed E-state index contributed by atoms with van der Waals surface area (Å²) in [6.07, 6.45) is 2.37. The average molecular weight is 329 g/mol. The summed E-state index contributed by atoms with van der Waals surface area (Å²) < 4.78 is 37.2. The van der Waals surface area contributed by atoms with Crippen LogP contribution in [-0.2, 0) is 6.42 Å². The second-order valence-electron chi connectivity index (χ2n) is 4.43. The number of nitrogens with zero attached hydrogens (tertiary/aromatic N) is 1. The maximum atomic E-state index is 13.4. The SMILES string of the molecule is COc1ccc(CCNc2c(F)cncc2F)c(Cl)c1OC. The lowest BCUT2D eigenvalue weighted by Crippen LogP contribution is -2.09. The number of aromatic nitrogens is 1. The highest BCUT2D eigenvalue weighted by Gasteiger charge is 2.13. The molecule has 0 aliphatic carbocycles. The number of halogens is 3. The third kappa shape index (κ3) is 3.39. The lowest BCUT2D eigenvalue weighted by atomic mass is 10.1. The molecule has 118 valence electrons. The van der Waals surface area contributed by atoms with E-state index in [-0.39, 0.29) is 5.69 Å². The molecule has 1 aromatic heterocycles. The van der Waals surface area contributed by atoms with E-state index in [0.717, 1.165) is 18.0 Å². The van der Waals surface area contributed by atoms with Gasteiger partial charge in [0.05, 0.1) is 31.6 Å². The summed E-state index contributed by atoms with van der Waals surface area (Å²) in [5.41, 5.74) is 0.577. The van der Waals surface area contributed by atoms with E-state index in [2.05, 4.69) is 10.3 Å². The van der Waals surface area contributed by atoms with Crippen LogP contribution in [0.3, 0.4) is 0 Å². The molecule has 0 saturated heterocycles. The average Bonchev–Trinajstić information content (AvgIpc) is 2.51. The third-order valence-electron chi connectivity index (χ3n) is 3.11. The molecule has 2 aromatic rings. The van der Waals surface area contributed by atoms with Crippen LogP contribution in [0.2, 0.25) is 5.02 Å². The summed E-state index contributed by atoms with van der Waals surface area (Å²) in [4.78, 5) is 3.43. The Kier molecular flexibility index (Phi) is 5.38. The van der Waals surface area contributed by atoms with Gasteiger partial charge in [0.15, 0.2) is 23.1 Å². The minimum absolute atomic E-state index is 0.202. The standard InChI is InChI=1S/C15H15ClF2N2O2/c1-21-12-4-3-9(13(16)15(12)22-2)5-6-20-14-10(17)7-19-8-11(14)18/h3-4,7-8H,5-6H2,1-2H3,(H,19,20). The van der Waals surface area contributed by atoms with Crippen LogP contribution in [0, 0.1) is 11.6 Å². The number of anilines is 1. The number of benzene rings is 1. The zero-order valence-electron chi connectivity index (χ0n) is 12.1. The molecule has 0 amide bonds. The van der Waals surface area contributed by atoms with E-state index in [1.54, 1.807) is 12.1 Å². The van der Waals surface area contributed by atoms with E-state index in [4.69, 9.17) is 21.1 Å². The smallest absolute Gasteiger partial charge is 0.179 e. The summed E-state index contributed by atoms with van der Waals surface area (Å²) >= 11 is 6.25. The molecule has 0 unspecified atom stereocenters. The van der Waals surface area contributed by atoms with Gasteiger partial charge < -0.3 is 14.8 Å². The van der Waals surface area contributed by atoms with Crippen LogP contribution in [-0.4, -0.2) is 25.7 Å². The van der Waals surface area contributed by atoms with Crippen molar-refractivity contribution < 1.29 is 18.3 Å². The van der Waals surface area contributed by atoms with Crippen LogP contribution < -0.4 is 14.8 Å². The first kappa shape index (κ1) is 16.3. The van der Waals surface area contributed by atoms with Crippen LogP contribution in [0.5, 0.6) is 11.5 Å². The number of hydrogen-bond donors (Lipinski definition) is 1. The fourth-order valence-corrected chi connectivity index (χ4v) is 2.35. The molecular formula is C15H15ClF2N2O2. The highest BCUT2D eigenvalue weighted by atomic mass is 35.5. The normalized spacial score (nSPS) is 10.4. The van der Waals surface area contributed by atoms with Gasteiger partial charge in [-0.05, 0) is 18.1 Å². The quantitative estimate of drug-likeness (QED) is 0.878. The van der Waals surface area contributed by atoms with Gasteiger partial charge >= 0.3 is 0 Å². The van der Waals surface area contributed by atoms with Gasteiger partial charge in [-0.3, -0.25) is 4.98 Å². The van der Waals surface area contributed by atoms with Gasteiger partial charge in [0.2, 0.25) is 0 Å². The lowest BCUT2D eigenvalue weighted by molar-refractivity contribution is 0.354. The minimum Gasteiger partial charge on any atom is -0.493 e. The lowest BCUT2D eigenvalue weighted by Gasteiger charge is -2.13. The third-order valence-corrected chi connectivity index (χ3v) is 3.53. The molecule has 0 aliphatic heterocycles. The van der Waals surface area contributed by atoms with Crippen LogP contribution in [0.1, 0.15) is 5.56 Å². The molecule has 0 saturated carbocycles. The number of pyridine rings is 1. The second-order valence-corrected chi connectivity index (χ2v) is 4.81. The first-order valence-electron chi connectivity index (χ1n) is 6.50. The molecule has 0 bridgehead atoms. The van der Waals surface area contributed by atoms with E-state index in [9.17, 15) is 8.78 Å². The molecule has 0 atom stereocenters. The van der Waals surface area contributed by atoms with Gasteiger partial charge in [0.1, 0.15) is 5.69 Å². The predicted molar refractivity (Wildman–Crippen MR) is 80.9 cm³/mol. The molecule has 0 fully saturated rings. The zero-order valence-corrected chi connectivity index (χ0v) is 12.9. The fraction of sp³-hybridized carbons (Fsp3) is 0.267. The van der Waals surface area contributed by atoms with Crippen LogP contribution in [0.25, 0.3) is 0 Å². The molecule has 2 rings (SSSR count). The van der Waals surface area contributed by atoms with E-state index in [1.165, 1.54) is 14.2 Å². The molecule has 22 heavy (non-hydrogen) atoms. The Labute approximate surface area is 132 Å². The van der Waals surface area contributed by atoms with Crippen molar-refractivity contribution in [3.8, 4) is 11.5 Å². The Bertz CT molecular complexity index is 648. The minimum atomic E-state index is -0.738. The summed E-state index contributed by atoms with van der Waals surface area (Å²) in [5.74, 6) is -0.518. The van der Waals surface area contributed by atoms with Crippen LogP contribution in [0.4, 0.5) is 14.5 Å². The van der Waals surface area contributed by atoms with Crippen molar-refractivity contribution in [1.82, 2.24) is 4.98 Å². The molecular weight excluding hydrogens is 314 g/mol. The van der Waals surface area contributed by atoms with Gasteiger partial charge in [0.25, 0.3) is 0 Å². The van der Waals surface area contributed by atoms with Crippen molar-refractivity contribution >= 4 is 17.3 Å². The van der Waals surface area contributed by atoms with Crippen molar-refractivity contribution in [1.29, 1.82) is 0 Å². The Balaban J connectivity index is 2.09. The van der Waals surface area contributed by atoms with E-state index >= 15 is 0 Å². The van der Waals surface area contributed by atoms with E-state index < -0.39 is 11.6 Å². The maximum Gasteiger partial charge on any atom is 0.179 e. The van der Waals surface area contributed by atoms with Gasteiger partial charge in [-0.15, -0.1) is 0 Å². The first-order valence-corrected chi connectivity index (χ1v) is 6.88. The van der Waals surface area contributed by atoms with Gasteiger partial charge in [-0.1, -0.05) is 17.7 Å². The highest BCUT2D eigenvalue weighted by molar-refractivity contribution is 6.33. The topological polar surface area (TPSA) is 43.4 Å². The molecule has 0 spiro atoms. The summed E-state index contributed by atoms with van der Waals surface area (Å²) in [7, 11) is 3.01. The monoisotopic (exact) mass is 328 g/mol.